The third-order valence-corrected chi connectivity index (χ3v) is 4.82. The molecule has 0 aliphatic rings. The van der Waals surface area contributed by atoms with Crippen molar-refractivity contribution in [2.45, 2.75) is 19.6 Å². The monoisotopic (exact) mass is 427 g/mol. The average molecular weight is 428 g/mol. The van der Waals surface area contributed by atoms with E-state index in [-0.39, 0.29) is 11.8 Å². The number of rotatable bonds is 5. The first-order chi connectivity index (χ1) is 11.8. The van der Waals surface area contributed by atoms with Crippen LogP contribution in [0.1, 0.15) is 29.9 Å². The second-order valence-corrected chi connectivity index (χ2v) is 7.02. The molecular formula is C16H18BrN3O4S. The van der Waals surface area contributed by atoms with Gasteiger partial charge in [-0.3, -0.25) is 10.2 Å². The molecule has 3 N–H and O–H groups in total. The zero-order valence-corrected chi connectivity index (χ0v) is 16.4. The number of carbonyl (C=O) groups is 2. The first-order valence-corrected chi connectivity index (χ1v) is 9.17. The molecule has 0 amide bonds. The van der Waals surface area contributed by atoms with Gasteiger partial charge in [-0.2, -0.15) is 0 Å². The quantitative estimate of drug-likeness (QED) is 0.328. The predicted octanol–water partition coefficient (Wildman–Crippen LogP) is 3.17. The third kappa shape index (κ3) is 4.16. The van der Waals surface area contributed by atoms with Crippen LogP contribution in [0, 0.1) is 5.41 Å². The fourth-order valence-electron chi connectivity index (χ4n) is 2.47. The van der Waals surface area contributed by atoms with Crippen molar-refractivity contribution in [2.24, 2.45) is 12.8 Å². The van der Waals surface area contributed by atoms with Crippen LogP contribution in [0.25, 0.3) is 10.9 Å². The standard InChI is InChI=1S/C16H18BrN3O4S/c1-4-23-15(22)14-9-5-13(24-8(2)21)10(17)6-11(9)20(3)12(14)7-25-16(18)19/h5-6H,4,7H2,1-3H3,(H3,18,19). The number of hydrogen-bond acceptors (Lipinski definition) is 6. The van der Waals surface area contributed by atoms with Crippen LogP contribution in [0.4, 0.5) is 0 Å². The molecule has 0 atom stereocenters. The van der Waals surface area contributed by atoms with E-state index < -0.39 is 11.9 Å². The van der Waals surface area contributed by atoms with Crippen molar-refractivity contribution in [2.75, 3.05) is 6.61 Å². The molecular weight excluding hydrogens is 410 g/mol. The minimum atomic E-state index is -0.469. The summed E-state index contributed by atoms with van der Waals surface area (Å²) >= 11 is 4.50. The van der Waals surface area contributed by atoms with Gasteiger partial charge in [0, 0.05) is 30.8 Å². The van der Waals surface area contributed by atoms with E-state index in [1.54, 1.807) is 19.1 Å². The van der Waals surface area contributed by atoms with Crippen LogP contribution >= 0.6 is 27.7 Å². The molecule has 1 aromatic carbocycles. The average Bonchev–Trinajstić information content (AvgIpc) is 2.77. The topological polar surface area (TPSA) is 107 Å². The van der Waals surface area contributed by atoms with Crippen molar-refractivity contribution >= 4 is 55.7 Å². The Hall–Kier alpha value is -2.00. The molecule has 9 heteroatoms. The molecule has 2 aromatic rings. The molecule has 0 radical (unpaired) electrons. The van der Waals surface area contributed by atoms with E-state index in [1.807, 2.05) is 11.6 Å². The molecule has 0 unspecified atom stereocenters. The van der Waals surface area contributed by atoms with Crippen molar-refractivity contribution in [3.05, 3.63) is 27.9 Å². The summed E-state index contributed by atoms with van der Waals surface area (Å²) in [7, 11) is 1.82. The lowest BCUT2D eigenvalue weighted by Gasteiger charge is -2.07. The van der Waals surface area contributed by atoms with Gasteiger partial charge in [-0.1, -0.05) is 11.8 Å². The van der Waals surface area contributed by atoms with Crippen molar-refractivity contribution in [3.8, 4) is 5.75 Å². The zero-order valence-electron chi connectivity index (χ0n) is 14.0. The van der Waals surface area contributed by atoms with Gasteiger partial charge in [0.1, 0.15) is 5.75 Å². The molecule has 1 heterocycles. The number of esters is 2. The van der Waals surface area contributed by atoms with Crippen LogP contribution < -0.4 is 10.5 Å². The molecule has 7 nitrogen and oxygen atoms in total. The van der Waals surface area contributed by atoms with E-state index in [9.17, 15) is 9.59 Å². The second kappa shape index (κ2) is 7.92. The predicted molar refractivity (Wildman–Crippen MR) is 101 cm³/mol. The van der Waals surface area contributed by atoms with Crippen LogP contribution in [0.3, 0.4) is 0 Å². The van der Waals surface area contributed by atoms with Crippen molar-refractivity contribution < 1.29 is 19.1 Å². The highest BCUT2D eigenvalue weighted by atomic mass is 79.9. The summed E-state index contributed by atoms with van der Waals surface area (Å²) < 4.78 is 12.8. The Balaban J connectivity index is 2.70. The number of nitrogens with one attached hydrogen (secondary N) is 1. The number of carbonyl (C=O) groups excluding carboxylic acids is 2. The number of ether oxygens (including phenoxy) is 2. The molecule has 134 valence electrons. The highest BCUT2D eigenvalue weighted by Gasteiger charge is 2.24. The molecule has 0 spiro atoms. The fourth-order valence-corrected chi connectivity index (χ4v) is 3.51. The van der Waals surface area contributed by atoms with Gasteiger partial charge in [0.05, 0.1) is 22.2 Å². The Bertz CT molecular complexity index is 863. The maximum Gasteiger partial charge on any atom is 0.340 e. The van der Waals surface area contributed by atoms with Crippen LogP contribution in [-0.2, 0) is 22.3 Å². The summed E-state index contributed by atoms with van der Waals surface area (Å²) in [5.74, 6) is -0.263. The molecule has 0 fully saturated rings. The normalized spacial score (nSPS) is 10.7. The number of thioether (sulfide) groups is 1. The largest absolute Gasteiger partial charge is 0.462 e. The van der Waals surface area contributed by atoms with Crippen LogP contribution in [-0.4, -0.2) is 28.3 Å². The number of nitrogens with zero attached hydrogens (tertiary/aromatic N) is 1. The fraction of sp³-hybridized carbons (Fsp3) is 0.312. The summed E-state index contributed by atoms with van der Waals surface area (Å²) in [5.41, 5.74) is 7.26. The lowest BCUT2D eigenvalue weighted by molar-refractivity contribution is -0.131. The molecule has 25 heavy (non-hydrogen) atoms. The van der Waals surface area contributed by atoms with Crippen molar-refractivity contribution in [3.63, 3.8) is 0 Å². The zero-order chi connectivity index (χ0) is 18.7. The Morgan fingerprint density at radius 1 is 1.40 bits per heavy atom. The van der Waals surface area contributed by atoms with Crippen molar-refractivity contribution in [1.82, 2.24) is 4.57 Å². The number of benzene rings is 1. The highest BCUT2D eigenvalue weighted by Crippen LogP contribution is 2.36. The number of aryl methyl sites for hydroxylation is 1. The van der Waals surface area contributed by atoms with Crippen LogP contribution in [0.5, 0.6) is 5.75 Å². The minimum absolute atomic E-state index is 0.0400. The molecule has 0 bridgehead atoms. The van der Waals surface area contributed by atoms with Gasteiger partial charge >= 0.3 is 11.9 Å². The summed E-state index contributed by atoms with van der Waals surface area (Å²) in [6, 6.07) is 3.41. The first-order valence-electron chi connectivity index (χ1n) is 7.39. The van der Waals surface area contributed by atoms with E-state index in [4.69, 9.17) is 20.6 Å². The van der Waals surface area contributed by atoms with E-state index in [0.29, 0.717) is 32.6 Å². The van der Waals surface area contributed by atoms with Gasteiger partial charge in [-0.05, 0) is 35.0 Å². The van der Waals surface area contributed by atoms with Gasteiger partial charge < -0.3 is 19.8 Å². The van der Waals surface area contributed by atoms with E-state index >= 15 is 0 Å². The Morgan fingerprint density at radius 2 is 2.08 bits per heavy atom. The molecule has 0 aliphatic heterocycles. The minimum Gasteiger partial charge on any atom is -0.462 e. The third-order valence-electron chi connectivity index (χ3n) is 3.47. The first kappa shape index (κ1) is 19.3. The lowest BCUT2D eigenvalue weighted by atomic mass is 10.1. The number of hydrogen-bond donors (Lipinski definition) is 2. The summed E-state index contributed by atoms with van der Waals surface area (Å²) in [5, 5.41) is 7.97. The number of fused-ring (bicyclic) bond motifs is 1. The second-order valence-electron chi connectivity index (χ2n) is 5.15. The highest BCUT2D eigenvalue weighted by molar-refractivity contribution is 9.10. The van der Waals surface area contributed by atoms with E-state index in [2.05, 4.69) is 15.9 Å². The number of halogens is 1. The number of nitrogens with two attached hydrogens (primary N) is 1. The summed E-state index contributed by atoms with van der Waals surface area (Å²) in [6.45, 7) is 3.28. The van der Waals surface area contributed by atoms with E-state index in [0.717, 1.165) is 17.3 Å². The number of aromatic nitrogens is 1. The van der Waals surface area contributed by atoms with Crippen LogP contribution in [0.15, 0.2) is 16.6 Å². The SMILES string of the molecule is CCOC(=O)c1c(CSC(=N)N)n(C)c2cc(Br)c(OC(C)=O)cc12. The molecule has 2 rings (SSSR count). The van der Waals surface area contributed by atoms with Gasteiger partial charge in [-0.15, -0.1) is 0 Å². The molecule has 1 aromatic heterocycles. The van der Waals surface area contributed by atoms with Crippen LogP contribution in [0.2, 0.25) is 0 Å². The Morgan fingerprint density at radius 3 is 2.64 bits per heavy atom. The molecule has 0 saturated carbocycles. The van der Waals surface area contributed by atoms with E-state index in [1.165, 1.54) is 6.92 Å². The van der Waals surface area contributed by atoms with Crippen molar-refractivity contribution in [1.29, 1.82) is 5.41 Å². The van der Waals surface area contributed by atoms with Gasteiger partial charge in [-0.25, -0.2) is 4.79 Å². The maximum atomic E-state index is 12.5. The van der Waals surface area contributed by atoms with Gasteiger partial charge in [0.15, 0.2) is 5.17 Å². The number of amidine groups is 1. The molecule has 0 aliphatic carbocycles. The lowest BCUT2D eigenvalue weighted by Crippen LogP contribution is -2.10. The van der Waals surface area contributed by atoms with Gasteiger partial charge in [0.25, 0.3) is 0 Å². The smallest absolute Gasteiger partial charge is 0.340 e. The maximum absolute atomic E-state index is 12.5. The molecule has 0 saturated heterocycles. The Labute approximate surface area is 157 Å². The van der Waals surface area contributed by atoms with Gasteiger partial charge in [0.2, 0.25) is 0 Å². The Kier molecular flexibility index (Phi) is 6.12. The summed E-state index contributed by atoms with van der Waals surface area (Å²) in [6.07, 6.45) is 0. The summed E-state index contributed by atoms with van der Waals surface area (Å²) in [4.78, 5) is 23.8.